The first-order valence-electron chi connectivity index (χ1n) is 5.66. The lowest BCUT2D eigenvalue weighted by atomic mass is 10.1. The number of aromatic nitrogens is 3. The number of nitrogens with one attached hydrogen (secondary N) is 2. The summed E-state index contributed by atoms with van der Waals surface area (Å²) in [4.78, 5) is 13.7. The van der Waals surface area contributed by atoms with Crippen LogP contribution in [-0.4, -0.2) is 20.9 Å². The second-order valence-corrected chi connectivity index (χ2v) is 4.03. The summed E-state index contributed by atoms with van der Waals surface area (Å²) < 4.78 is 25.9. The van der Waals surface area contributed by atoms with Crippen molar-refractivity contribution in [2.24, 2.45) is 5.10 Å². The summed E-state index contributed by atoms with van der Waals surface area (Å²) in [7, 11) is 0. The zero-order chi connectivity index (χ0) is 14.7. The molecule has 1 heterocycles. The van der Waals surface area contributed by atoms with Gasteiger partial charge in [0.1, 0.15) is 5.69 Å². The molecule has 1 aromatic carbocycles. The molecule has 6 nitrogen and oxygen atoms in total. The van der Waals surface area contributed by atoms with Gasteiger partial charge in [-0.1, -0.05) is 0 Å². The second-order valence-electron chi connectivity index (χ2n) is 4.03. The molecule has 0 saturated heterocycles. The van der Waals surface area contributed by atoms with Crippen molar-refractivity contribution in [2.75, 3.05) is 5.43 Å². The minimum atomic E-state index is -0.958. The zero-order valence-corrected chi connectivity index (χ0v) is 10.7. The molecular formula is C12H11F2N5O. The highest BCUT2D eigenvalue weighted by molar-refractivity contribution is 5.98. The van der Waals surface area contributed by atoms with Crippen LogP contribution in [-0.2, 0) is 0 Å². The topological polar surface area (TPSA) is 83.0 Å². The highest BCUT2D eigenvalue weighted by atomic mass is 19.2. The molecule has 2 aromatic rings. The van der Waals surface area contributed by atoms with Gasteiger partial charge in [0.2, 0.25) is 5.95 Å². The lowest BCUT2D eigenvalue weighted by molar-refractivity contribution is 0.508. The number of hydrogen-bond donors (Lipinski definition) is 2. The summed E-state index contributed by atoms with van der Waals surface area (Å²) in [5.74, 6) is -1.83. The lowest BCUT2D eigenvalue weighted by Gasteiger charge is -2.03. The van der Waals surface area contributed by atoms with E-state index < -0.39 is 11.6 Å². The van der Waals surface area contributed by atoms with Crippen molar-refractivity contribution in [3.05, 3.63) is 51.4 Å². The van der Waals surface area contributed by atoms with E-state index in [2.05, 4.69) is 25.7 Å². The summed E-state index contributed by atoms with van der Waals surface area (Å²) >= 11 is 0. The number of aryl methyl sites for hydroxylation is 1. The molecule has 0 radical (unpaired) electrons. The van der Waals surface area contributed by atoms with E-state index in [0.717, 1.165) is 12.1 Å². The molecule has 0 atom stereocenters. The van der Waals surface area contributed by atoms with Crippen LogP contribution >= 0.6 is 0 Å². The molecule has 0 aliphatic rings. The van der Waals surface area contributed by atoms with E-state index in [0.29, 0.717) is 11.3 Å². The third-order valence-electron chi connectivity index (χ3n) is 2.53. The molecule has 8 heteroatoms. The minimum Gasteiger partial charge on any atom is -0.288 e. The first-order chi connectivity index (χ1) is 9.47. The van der Waals surface area contributed by atoms with Gasteiger partial charge in [0.15, 0.2) is 11.6 Å². The molecule has 0 aliphatic carbocycles. The van der Waals surface area contributed by atoms with E-state index in [1.54, 1.807) is 6.92 Å². The Morgan fingerprint density at radius 3 is 2.70 bits per heavy atom. The maximum absolute atomic E-state index is 13.1. The van der Waals surface area contributed by atoms with Crippen molar-refractivity contribution < 1.29 is 8.78 Å². The van der Waals surface area contributed by atoms with E-state index in [-0.39, 0.29) is 17.2 Å². The number of H-pyrrole nitrogens is 1. The predicted octanol–water partition coefficient (Wildman–Crippen LogP) is 1.59. The van der Waals surface area contributed by atoms with Gasteiger partial charge in [0, 0.05) is 5.56 Å². The van der Waals surface area contributed by atoms with Crippen LogP contribution in [0, 0.1) is 18.6 Å². The van der Waals surface area contributed by atoms with E-state index in [1.165, 1.54) is 13.0 Å². The van der Waals surface area contributed by atoms with Crippen LogP contribution in [0.15, 0.2) is 28.1 Å². The van der Waals surface area contributed by atoms with Gasteiger partial charge in [-0.3, -0.25) is 9.78 Å². The maximum atomic E-state index is 13.1. The van der Waals surface area contributed by atoms with Crippen LogP contribution in [0.4, 0.5) is 14.7 Å². The molecule has 1 aromatic heterocycles. The first-order valence-corrected chi connectivity index (χ1v) is 5.66. The number of anilines is 1. The third kappa shape index (κ3) is 3.02. The van der Waals surface area contributed by atoms with Gasteiger partial charge in [-0.15, -0.1) is 10.2 Å². The normalized spacial score (nSPS) is 11.5. The van der Waals surface area contributed by atoms with Crippen LogP contribution in [0.2, 0.25) is 0 Å². The fourth-order valence-electron chi connectivity index (χ4n) is 1.37. The fraction of sp³-hybridized carbons (Fsp3) is 0.167. The summed E-state index contributed by atoms with van der Waals surface area (Å²) in [5, 5.41) is 11.2. The van der Waals surface area contributed by atoms with Crippen LogP contribution in [0.1, 0.15) is 18.2 Å². The van der Waals surface area contributed by atoms with Gasteiger partial charge in [-0.25, -0.2) is 14.2 Å². The number of hydrazone groups is 1. The number of aromatic amines is 1. The number of benzene rings is 1. The van der Waals surface area contributed by atoms with E-state index in [1.807, 2.05) is 0 Å². The second kappa shape index (κ2) is 5.55. The quantitative estimate of drug-likeness (QED) is 0.660. The average Bonchev–Trinajstić information content (AvgIpc) is 2.43. The number of hydrogen-bond acceptors (Lipinski definition) is 5. The molecule has 104 valence electrons. The average molecular weight is 279 g/mol. The molecule has 0 saturated carbocycles. The highest BCUT2D eigenvalue weighted by Crippen LogP contribution is 2.09. The zero-order valence-electron chi connectivity index (χ0n) is 10.7. The first kappa shape index (κ1) is 13.8. The van der Waals surface area contributed by atoms with Crippen LogP contribution in [0.25, 0.3) is 0 Å². The van der Waals surface area contributed by atoms with Crippen molar-refractivity contribution >= 4 is 11.7 Å². The molecule has 0 bridgehead atoms. The molecule has 0 spiro atoms. The summed E-state index contributed by atoms with van der Waals surface area (Å²) in [5.41, 5.74) is 3.13. The Labute approximate surface area is 112 Å². The Bertz CT molecular complexity index is 726. The van der Waals surface area contributed by atoms with Crippen molar-refractivity contribution in [1.29, 1.82) is 0 Å². The number of halogens is 2. The lowest BCUT2D eigenvalue weighted by Crippen LogP contribution is -2.16. The summed E-state index contributed by atoms with van der Waals surface area (Å²) in [6.45, 7) is 3.12. The monoisotopic (exact) mass is 279 g/mol. The third-order valence-corrected chi connectivity index (χ3v) is 2.53. The Balaban J connectivity index is 2.19. The Morgan fingerprint density at radius 2 is 2.05 bits per heavy atom. The van der Waals surface area contributed by atoms with Crippen molar-refractivity contribution in [1.82, 2.24) is 15.2 Å². The molecule has 2 rings (SSSR count). The molecule has 0 aliphatic heterocycles. The molecule has 2 N–H and O–H groups in total. The predicted molar refractivity (Wildman–Crippen MR) is 69.6 cm³/mol. The van der Waals surface area contributed by atoms with Gasteiger partial charge in [-0.05, 0) is 32.0 Å². The van der Waals surface area contributed by atoms with Gasteiger partial charge in [0.25, 0.3) is 5.56 Å². The number of rotatable bonds is 3. The standard InChI is InChI=1S/C12H11F2N5O/c1-6(8-3-4-9(13)10(14)5-8)16-18-12-15-11(20)7(2)17-19-12/h3-5H,1-2H3,(H2,15,18,19,20)/b16-6-. The Kier molecular flexibility index (Phi) is 3.83. The van der Waals surface area contributed by atoms with Crippen LogP contribution < -0.4 is 11.0 Å². The Hall–Kier alpha value is -2.64. The van der Waals surface area contributed by atoms with Crippen LogP contribution in [0.3, 0.4) is 0 Å². The van der Waals surface area contributed by atoms with Gasteiger partial charge in [-0.2, -0.15) is 5.10 Å². The number of nitrogens with zero attached hydrogens (tertiary/aromatic N) is 3. The Morgan fingerprint density at radius 1 is 1.30 bits per heavy atom. The van der Waals surface area contributed by atoms with E-state index in [9.17, 15) is 13.6 Å². The largest absolute Gasteiger partial charge is 0.288 e. The van der Waals surface area contributed by atoms with Crippen molar-refractivity contribution in [2.45, 2.75) is 13.8 Å². The van der Waals surface area contributed by atoms with Crippen molar-refractivity contribution in [3.63, 3.8) is 0 Å². The molecule has 0 unspecified atom stereocenters. The maximum Gasteiger partial charge on any atom is 0.274 e. The summed E-state index contributed by atoms with van der Waals surface area (Å²) in [6.07, 6.45) is 0. The van der Waals surface area contributed by atoms with Crippen LogP contribution in [0.5, 0.6) is 0 Å². The van der Waals surface area contributed by atoms with Gasteiger partial charge >= 0.3 is 0 Å². The van der Waals surface area contributed by atoms with Crippen molar-refractivity contribution in [3.8, 4) is 0 Å². The van der Waals surface area contributed by atoms with E-state index >= 15 is 0 Å². The highest BCUT2D eigenvalue weighted by Gasteiger charge is 2.05. The van der Waals surface area contributed by atoms with Gasteiger partial charge in [0.05, 0.1) is 5.71 Å². The molecular weight excluding hydrogens is 268 g/mol. The molecule has 20 heavy (non-hydrogen) atoms. The smallest absolute Gasteiger partial charge is 0.274 e. The SMILES string of the molecule is C/C(=N/Nc1nnc(C)c(=O)[nH]1)c1ccc(F)c(F)c1. The summed E-state index contributed by atoms with van der Waals surface area (Å²) in [6, 6.07) is 3.43. The molecule has 0 fully saturated rings. The minimum absolute atomic E-state index is 0.0579. The van der Waals surface area contributed by atoms with Gasteiger partial charge < -0.3 is 0 Å². The molecule has 0 amide bonds. The van der Waals surface area contributed by atoms with E-state index in [4.69, 9.17) is 0 Å². The fourth-order valence-corrected chi connectivity index (χ4v) is 1.37.